The van der Waals surface area contributed by atoms with E-state index in [4.69, 9.17) is 18.9 Å². The molecule has 0 bridgehead atoms. The molecule has 2 rings (SSSR count). The van der Waals surface area contributed by atoms with E-state index in [9.17, 15) is 29.7 Å². The number of rotatable bonds is 9. The van der Waals surface area contributed by atoms with Crippen molar-refractivity contribution in [2.24, 2.45) is 23.7 Å². The lowest BCUT2D eigenvalue weighted by Crippen LogP contribution is -2.63. The van der Waals surface area contributed by atoms with E-state index in [1.807, 2.05) is 19.9 Å². The minimum Gasteiger partial charge on any atom is -0.462 e. The molecule has 0 spiro atoms. The lowest BCUT2D eigenvalue weighted by Gasteiger charge is -2.46. The summed E-state index contributed by atoms with van der Waals surface area (Å²) in [4.78, 5) is 40.4. The summed E-state index contributed by atoms with van der Waals surface area (Å²) in [5.74, 6) is -3.41. The van der Waals surface area contributed by atoms with Gasteiger partial charge in [0.2, 0.25) is 0 Å². The zero-order valence-electron chi connectivity index (χ0n) is 27.2. The maximum Gasteiger partial charge on any atom is 0.308 e. The molecule has 1 unspecified atom stereocenters. The number of esters is 1. The van der Waals surface area contributed by atoms with Gasteiger partial charge >= 0.3 is 5.97 Å². The molecule has 0 aromatic heterocycles. The van der Waals surface area contributed by atoms with Crippen LogP contribution in [0.25, 0.3) is 0 Å². The molecule has 3 N–H and O–H groups in total. The van der Waals surface area contributed by atoms with Gasteiger partial charge in [0.25, 0.3) is 0 Å². The van der Waals surface area contributed by atoms with Crippen LogP contribution in [0.4, 0.5) is 0 Å². The molecule has 2 heterocycles. The second-order valence-corrected chi connectivity index (χ2v) is 12.4. The van der Waals surface area contributed by atoms with Crippen molar-refractivity contribution in [3.05, 3.63) is 36.5 Å². The van der Waals surface area contributed by atoms with Crippen LogP contribution in [0.2, 0.25) is 0 Å². The van der Waals surface area contributed by atoms with Gasteiger partial charge in [0, 0.05) is 23.7 Å². The summed E-state index contributed by atoms with van der Waals surface area (Å²) in [5, 5.41) is 33.0. The monoisotopic (exact) mass is 623 g/mol. The first-order valence-electron chi connectivity index (χ1n) is 15.5. The molecule has 11 nitrogen and oxygen atoms in total. The lowest BCUT2D eigenvalue weighted by molar-refractivity contribution is -0.302. The summed E-state index contributed by atoms with van der Waals surface area (Å²) in [7, 11) is 3.42. The maximum atomic E-state index is 13.1. The predicted molar refractivity (Wildman–Crippen MR) is 164 cm³/mol. The third kappa shape index (κ3) is 10.4. The molecule has 11 heteroatoms. The number of allylic oxidation sites excluding steroid dienone is 3. The number of ketones is 1. The highest BCUT2D eigenvalue weighted by Gasteiger charge is 2.47. The zero-order valence-corrected chi connectivity index (χ0v) is 27.2. The first kappa shape index (κ1) is 37.9. The molecule has 250 valence electrons. The average molecular weight is 624 g/mol. The van der Waals surface area contributed by atoms with E-state index >= 15 is 0 Å². The van der Waals surface area contributed by atoms with Crippen molar-refractivity contribution in [1.29, 1.82) is 0 Å². The molecule has 0 aromatic rings. The summed E-state index contributed by atoms with van der Waals surface area (Å²) < 4.78 is 23.6. The average Bonchev–Trinajstić information content (AvgIpc) is 2.97. The van der Waals surface area contributed by atoms with E-state index in [1.165, 1.54) is 6.08 Å². The largest absolute Gasteiger partial charge is 0.462 e. The van der Waals surface area contributed by atoms with E-state index in [1.54, 1.807) is 51.9 Å². The zero-order chi connectivity index (χ0) is 33.1. The molecular formula is C33H53NO10. The molecule has 0 aliphatic carbocycles. The Balaban J connectivity index is 2.48. The summed E-state index contributed by atoms with van der Waals surface area (Å²) in [6, 6.07) is -0.726. The van der Waals surface area contributed by atoms with Gasteiger partial charge in [-0.15, -0.1) is 6.58 Å². The Hall–Kier alpha value is -2.25. The van der Waals surface area contributed by atoms with Gasteiger partial charge in [0.05, 0.1) is 50.1 Å². The van der Waals surface area contributed by atoms with Crippen LogP contribution in [-0.4, -0.2) is 115 Å². The number of hydrogen-bond acceptors (Lipinski definition) is 11. The number of likely N-dealkylation sites (N-methyl/N-ethyl adjacent to an activating group) is 1. The molecule has 2 aliphatic heterocycles. The fourth-order valence-corrected chi connectivity index (χ4v) is 5.89. The van der Waals surface area contributed by atoms with Crippen LogP contribution < -0.4 is 0 Å². The molecule has 12 atom stereocenters. The summed E-state index contributed by atoms with van der Waals surface area (Å²) in [5.41, 5.74) is 0.774. The molecule has 44 heavy (non-hydrogen) atoms. The van der Waals surface area contributed by atoms with Gasteiger partial charge in [0.15, 0.2) is 12.1 Å². The SMILES string of the molecule is C=CCOC[C@H]1/C=C(C)/C=C\C(=O)[C@H](C)CC(C=O)[C@H](O[C@@H]2O[C@H](C)[C@@H](O)[C@H](N(C)C)[C@H]2O)[C@@H](C)[C@H](O)CC(=O)O[C@@H]1CC. The topological polar surface area (TPSA) is 152 Å². The second kappa shape index (κ2) is 18.0. The highest BCUT2D eigenvalue weighted by atomic mass is 16.7. The van der Waals surface area contributed by atoms with Crippen molar-refractivity contribution in [2.75, 3.05) is 27.3 Å². The highest BCUT2D eigenvalue weighted by molar-refractivity contribution is 5.92. The van der Waals surface area contributed by atoms with Crippen LogP contribution in [0, 0.1) is 23.7 Å². The van der Waals surface area contributed by atoms with Gasteiger partial charge in [-0.05, 0) is 46.9 Å². The number of ether oxygens (including phenoxy) is 4. The number of cyclic esters (lactones) is 1. The molecule has 2 aliphatic rings. The van der Waals surface area contributed by atoms with E-state index < -0.39 is 72.7 Å². The molecule has 0 saturated carbocycles. The van der Waals surface area contributed by atoms with Crippen molar-refractivity contribution in [1.82, 2.24) is 4.90 Å². The van der Waals surface area contributed by atoms with Crippen LogP contribution in [0.3, 0.4) is 0 Å². The number of aliphatic hydroxyl groups is 3. The van der Waals surface area contributed by atoms with Crippen LogP contribution >= 0.6 is 0 Å². The number of aliphatic hydroxyl groups excluding tert-OH is 3. The van der Waals surface area contributed by atoms with Gasteiger partial charge in [-0.25, -0.2) is 0 Å². The Bertz CT molecular complexity index is 1010. The van der Waals surface area contributed by atoms with Crippen LogP contribution in [0.1, 0.15) is 53.9 Å². The van der Waals surface area contributed by atoms with Crippen molar-refractivity contribution in [3.8, 4) is 0 Å². The van der Waals surface area contributed by atoms with Crippen LogP contribution in [0.15, 0.2) is 36.5 Å². The molecule has 1 fully saturated rings. The Morgan fingerprint density at radius 2 is 1.80 bits per heavy atom. The van der Waals surface area contributed by atoms with Gasteiger partial charge in [-0.1, -0.05) is 44.6 Å². The first-order chi connectivity index (χ1) is 20.7. The Morgan fingerprint density at radius 3 is 2.39 bits per heavy atom. The summed E-state index contributed by atoms with van der Waals surface area (Å²) in [6.45, 7) is 13.0. The lowest BCUT2D eigenvalue weighted by atomic mass is 9.81. The standard InChI is InChI=1S/C33H53NO10/c1-9-13-41-18-24-14-19(3)11-12-25(36)20(4)15-23(17-35)32(21(5)26(37)16-28(38)43-27(24)10-2)44-33-31(40)29(34(7)8)30(39)22(6)42-33/h9,11-12,14,17,20-24,26-27,29-33,37,39-40H,1,10,13,15-16,18H2,2-8H3/b12-11-,19-14+/t20-,21+,22-,23?,24-,26-,27-,29+,30-,31-,32-,33+/m1/s1. The van der Waals surface area contributed by atoms with E-state index in [2.05, 4.69) is 6.58 Å². The van der Waals surface area contributed by atoms with Crippen molar-refractivity contribution in [2.45, 2.75) is 103 Å². The Morgan fingerprint density at radius 1 is 1.11 bits per heavy atom. The van der Waals surface area contributed by atoms with Gasteiger partial charge in [-0.3, -0.25) is 9.59 Å². The molecule has 0 amide bonds. The van der Waals surface area contributed by atoms with Crippen LogP contribution in [0.5, 0.6) is 0 Å². The van der Waals surface area contributed by atoms with Crippen molar-refractivity contribution >= 4 is 18.0 Å². The number of hydrogen-bond donors (Lipinski definition) is 3. The van der Waals surface area contributed by atoms with Gasteiger partial charge in [-0.2, -0.15) is 0 Å². The highest BCUT2D eigenvalue weighted by Crippen LogP contribution is 2.32. The second-order valence-electron chi connectivity index (χ2n) is 12.4. The Kier molecular flexibility index (Phi) is 15.5. The number of aldehydes is 1. The minimum atomic E-state index is -1.29. The number of nitrogens with zero attached hydrogens (tertiary/aromatic N) is 1. The summed E-state index contributed by atoms with van der Waals surface area (Å²) in [6.07, 6.45) is 0.419. The molecule has 1 saturated heterocycles. The quantitative estimate of drug-likeness (QED) is 0.150. The van der Waals surface area contributed by atoms with Crippen molar-refractivity contribution in [3.63, 3.8) is 0 Å². The normalized spacial score (nSPS) is 40.1. The minimum absolute atomic E-state index is 0.0929. The Labute approximate surface area is 261 Å². The van der Waals surface area contributed by atoms with Crippen LogP contribution in [-0.2, 0) is 33.3 Å². The number of carbonyl (C=O) groups is 3. The predicted octanol–water partition coefficient (Wildman–Crippen LogP) is 2.22. The van der Waals surface area contributed by atoms with E-state index in [0.29, 0.717) is 19.3 Å². The number of carbonyl (C=O) groups excluding carboxylic acids is 3. The first-order valence-corrected chi connectivity index (χ1v) is 15.5. The van der Waals surface area contributed by atoms with E-state index in [0.717, 1.165) is 5.57 Å². The molecule has 0 radical (unpaired) electrons. The van der Waals surface area contributed by atoms with E-state index in [-0.39, 0.29) is 31.1 Å². The fraction of sp³-hybridized carbons (Fsp3) is 0.727. The van der Waals surface area contributed by atoms with Crippen molar-refractivity contribution < 1.29 is 48.7 Å². The smallest absolute Gasteiger partial charge is 0.308 e. The third-order valence-corrected chi connectivity index (χ3v) is 8.60. The molecule has 0 aromatic carbocycles. The van der Waals surface area contributed by atoms with Gasteiger partial charge in [0.1, 0.15) is 18.5 Å². The van der Waals surface area contributed by atoms with Gasteiger partial charge < -0.3 is 44.0 Å². The summed E-state index contributed by atoms with van der Waals surface area (Å²) >= 11 is 0. The fourth-order valence-electron chi connectivity index (χ4n) is 5.89. The maximum absolute atomic E-state index is 13.1. The third-order valence-electron chi connectivity index (χ3n) is 8.60. The molecular weight excluding hydrogens is 570 g/mol.